The molecule has 2 atom stereocenters. The topological polar surface area (TPSA) is 90.6 Å². The molecule has 1 aromatic carbocycles. The average molecular weight is 505 g/mol. The van der Waals surface area contributed by atoms with Crippen molar-refractivity contribution in [2.24, 2.45) is 11.8 Å². The van der Waals surface area contributed by atoms with Crippen molar-refractivity contribution < 1.29 is 9.52 Å². The minimum atomic E-state index is -0.120. The molecule has 34 heavy (non-hydrogen) atoms. The number of hydrogen-bond donors (Lipinski definition) is 2. The molecule has 0 amide bonds. The Hall–Kier alpha value is -2.13. The van der Waals surface area contributed by atoms with Gasteiger partial charge in [-0.1, -0.05) is 29.3 Å². The smallest absolute Gasteiger partial charge is 0.229 e. The minimum Gasteiger partial charge on any atom is -0.435 e. The third-order valence-electron chi connectivity index (χ3n) is 6.95. The second-order valence-corrected chi connectivity index (χ2v) is 10.2. The number of aryl methyl sites for hydroxylation is 1. The van der Waals surface area contributed by atoms with Crippen molar-refractivity contribution in [2.75, 3.05) is 49.5 Å². The molecule has 0 unspecified atom stereocenters. The molecule has 2 aromatic heterocycles. The molecule has 0 radical (unpaired) electrons. The van der Waals surface area contributed by atoms with Gasteiger partial charge in [-0.05, 0) is 55.8 Å². The molecule has 5 rings (SSSR count). The van der Waals surface area contributed by atoms with E-state index in [9.17, 15) is 5.11 Å². The molecular weight excluding hydrogens is 475 g/mol. The Morgan fingerprint density at radius 1 is 1.18 bits per heavy atom. The van der Waals surface area contributed by atoms with E-state index in [2.05, 4.69) is 20.1 Å². The van der Waals surface area contributed by atoms with Crippen molar-refractivity contribution in [3.05, 3.63) is 39.7 Å². The number of likely N-dealkylation sites (tertiary alicyclic amines) is 1. The number of nitrogens with one attached hydrogen (secondary N) is 1. The predicted octanol–water partition coefficient (Wildman–Crippen LogP) is 4.55. The van der Waals surface area contributed by atoms with Crippen LogP contribution in [-0.2, 0) is 0 Å². The van der Waals surface area contributed by atoms with E-state index in [0.717, 1.165) is 38.3 Å². The van der Waals surface area contributed by atoms with Gasteiger partial charge in [-0.15, -0.1) is 0 Å². The summed E-state index contributed by atoms with van der Waals surface area (Å²) in [6, 6.07) is 5.36. The number of hydrogen-bond acceptors (Lipinski definition) is 8. The van der Waals surface area contributed by atoms with Gasteiger partial charge < -0.3 is 24.6 Å². The van der Waals surface area contributed by atoms with Crippen LogP contribution >= 0.6 is 23.2 Å². The van der Waals surface area contributed by atoms with Crippen molar-refractivity contribution in [3.63, 3.8) is 0 Å². The average Bonchev–Trinajstić information content (AvgIpc) is 3.14. The first-order valence-electron chi connectivity index (χ1n) is 11.9. The van der Waals surface area contributed by atoms with Crippen molar-refractivity contribution in [1.82, 2.24) is 19.9 Å². The van der Waals surface area contributed by atoms with Crippen LogP contribution in [0.15, 0.2) is 22.6 Å². The molecule has 2 N–H and O–H groups in total. The molecular formula is C24H30Cl2N6O2. The van der Waals surface area contributed by atoms with Crippen LogP contribution in [0.25, 0.3) is 11.2 Å². The molecule has 182 valence electrons. The third-order valence-corrected chi connectivity index (χ3v) is 7.51. The summed E-state index contributed by atoms with van der Waals surface area (Å²) in [7, 11) is 0. The number of aromatic nitrogens is 3. The van der Waals surface area contributed by atoms with Gasteiger partial charge in [0.25, 0.3) is 0 Å². The van der Waals surface area contributed by atoms with E-state index < -0.39 is 0 Å². The number of piperidine rings is 1. The summed E-state index contributed by atoms with van der Waals surface area (Å²) in [5, 5.41) is 13.9. The SMILES string of the molecule is Cc1nc2nc(N3CC([C@H]4CCCN(CCO)C4)C3)nc(N[C@H](C)c3ccc(Cl)cc3Cl)c2o1. The number of benzene rings is 1. The van der Waals surface area contributed by atoms with Gasteiger partial charge in [0.05, 0.1) is 12.6 Å². The van der Waals surface area contributed by atoms with Crippen LogP contribution in [0.4, 0.5) is 11.8 Å². The van der Waals surface area contributed by atoms with E-state index >= 15 is 0 Å². The first-order valence-corrected chi connectivity index (χ1v) is 12.6. The number of aliphatic hydroxyl groups is 1. The molecule has 8 nitrogen and oxygen atoms in total. The van der Waals surface area contributed by atoms with E-state index in [1.807, 2.05) is 26.0 Å². The Morgan fingerprint density at radius 2 is 2.00 bits per heavy atom. The fourth-order valence-corrected chi connectivity index (χ4v) is 5.66. The number of halogens is 2. The number of aliphatic hydroxyl groups excluding tert-OH is 1. The summed E-state index contributed by atoms with van der Waals surface area (Å²) in [6.45, 7) is 8.83. The zero-order chi connectivity index (χ0) is 23.8. The largest absolute Gasteiger partial charge is 0.435 e. The summed E-state index contributed by atoms with van der Waals surface area (Å²) in [4.78, 5) is 18.6. The number of oxazole rings is 1. The quantitative estimate of drug-likeness (QED) is 0.484. The lowest BCUT2D eigenvalue weighted by molar-refractivity contribution is 0.101. The lowest BCUT2D eigenvalue weighted by Crippen LogP contribution is -2.54. The van der Waals surface area contributed by atoms with Gasteiger partial charge in [-0.25, -0.2) is 0 Å². The molecule has 2 aliphatic heterocycles. The Morgan fingerprint density at radius 3 is 2.76 bits per heavy atom. The normalized spacial score (nSPS) is 20.5. The molecule has 2 fully saturated rings. The van der Waals surface area contributed by atoms with Crippen LogP contribution in [0, 0.1) is 18.8 Å². The second-order valence-electron chi connectivity index (χ2n) is 9.38. The molecule has 2 aliphatic rings. The van der Waals surface area contributed by atoms with Crippen LogP contribution in [0.2, 0.25) is 10.0 Å². The van der Waals surface area contributed by atoms with E-state index in [-0.39, 0.29) is 12.6 Å². The fourth-order valence-electron chi connectivity index (χ4n) is 5.09. The Labute approximate surface area is 209 Å². The highest BCUT2D eigenvalue weighted by atomic mass is 35.5. The highest BCUT2D eigenvalue weighted by Crippen LogP contribution is 2.35. The lowest BCUT2D eigenvalue weighted by Gasteiger charge is -2.46. The molecule has 0 spiro atoms. The molecule has 10 heteroatoms. The maximum atomic E-state index is 9.28. The fraction of sp³-hybridized carbons (Fsp3) is 0.542. The van der Waals surface area contributed by atoms with E-state index in [1.165, 1.54) is 12.8 Å². The Kier molecular flexibility index (Phi) is 6.84. The second kappa shape index (κ2) is 9.85. The first kappa shape index (κ1) is 23.6. The van der Waals surface area contributed by atoms with Gasteiger partial charge >= 0.3 is 0 Å². The van der Waals surface area contributed by atoms with Gasteiger partial charge in [-0.2, -0.15) is 15.0 Å². The Bertz CT molecular complexity index is 1160. The zero-order valence-corrected chi connectivity index (χ0v) is 21.0. The van der Waals surface area contributed by atoms with Gasteiger partial charge in [0, 0.05) is 43.1 Å². The zero-order valence-electron chi connectivity index (χ0n) is 19.5. The summed E-state index contributed by atoms with van der Waals surface area (Å²) < 4.78 is 5.83. The summed E-state index contributed by atoms with van der Waals surface area (Å²) in [5.41, 5.74) is 2.01. The highest BCUT2D eigenvalue weighted by molar-refractivity contribution is 6.35. The van der Waals surface area contributed by atoms with Crippen LogP contribution in [0.3, 0.4) is 0 Å². The number of nitrogens with zero attached hydrogens (tertiary/aromatic N) is 5. The molecule has 4 heterocycles. The van der Waals surface area contributed by atoms with Crippen LogP contribution < -0.4 is 10.2 Å². The summed E-state index contributed by atoms with van der Waals surface area (Å²) >= 11 is 12.5. The minimum absolute atomic E-state index is 0.120. The standard InChI is InChI=1S/C24H30Cl2N6O2/c1-14(19-6-5-18(25)10-20(19)26)27-22-21-23(28-15(2)34-21)30-24(29-22)32-12-17(13-32)16-4-3-7-31(11-16)8-9-33/h5-6,10,14,16-17,33H,3-4,7-9,11-13H2,1-2H3,(H,27,29,30)/t14-,16+/m1/s1. The molecule has 2 saturated heterocycles. The van der Waals surface area contributed by atoms with Gasteiger partial charge in [0.15, 0.2) is 11.7 Å². The summed E-state index contributed by atoms with van der Waals surface area (Å²) in [6.07, 6.45) is 2.44. The molecule has 0 saturated carbocycles. The number of rotatable bonds is 7. The number of β-amino-alcohol motifs (C(OH)–C–C–N with tert-alkyl or cyclic N) is 1. The molecule has 3 aromatic rings. The number of fused-ring (bicyclic) bond motifs is 1. The van der Waals surface area contributed by atoms with E-state index in [4.69, 9.17) is 37.6 Å². The number of anilines is 2. The third kappa shape index (κ3) is 4.82. The van der Waals surface area contributed by atoms with Crippen molar-refractivity contribution >= 4 is 46.2 Å². The van der Waals surface area contributed by atoms with Crippen molar-refractivity contribution in [1.29, 1.82) is 0 Å². The van der Waals surface area contributed by atoms with E-state index in [1.54, 1.807) is 6.07 Å². The van der Waals surface area contributed by atoms with Crippen LogP contribution in [0.1, 0.15) is 37.3 Å². The summed E-state index contributed by atoms with van der Waals surface area (Å²) in [5.74, 6) is 3.09. The van der Waals surface area contributed by atoms with Crippen molar-refractivity contribution in [3.8, 4) is 0 Å². The van der Waals surface area contributed by atoms with Gasteiger partial charge in [0.1, 0.15) is 0 Å². The van der Waals surface area contributed by atoms with Crippen LogP contribution in [0.5, 0.6) is 0 Å². The van der Waals surface area contributed by atoms with Gasteiger partial charge in [-0.3, -0.25) is 0 Å². The molecule has 0 aliphatic carbocycles. The molecule has 0 bridgehead atoms. The van der Waals surface area contributed by atoms with E-state index in [0.29, 0.717) is 50.8 Å². The van der Waals surface area contributed by atoms with Crippen LogP contribution in [-0.4, -0.2) is 64.3 Å². The maximum absolute atomic E-state index is 9.28. The highest BCUT2D eigenvalue weighted by Gasteiger charge is 2.37. The lowest BCUT2D eigenvalue weighted by atomic mass is 9.81. The predicted molar refractivity (Wildman–Crippen MR) is 135 cm³/mol. The maximum Gasteiger partial charge on any atom is 0.229 e. The Balaban J connectivity index is 1.33. The monoisotopic (exact) mass is 504 g/mol. The first-order chi connectivity index (χ1) is 16.4. The van der Waals surface area contributed by atoms with Gasteiger partial charge in [0.2, 0.25) is 17.2 Å². The van der Waals surface area contributed by atoms with Crippen molar-refractivity contribution in [2.45, 2.75) is 32.7 Å².